The molecule has 45 heavy (non-hydrogen) atoms. The maximum Gasteiger partial charge on any atom is 0.264 e. The van der Waals surface area contributed by atoms with Crippen molar-refractivity contribution in [3.63, 3.8) is 0 Å². The predicted octanol–water partition coefficient (Wildman–Crippen LogP) is 6.37. The van der Waals surface area contributed by atoms with Crippen LogP contribution in [0.1, 0.15) is 36.8 Å². The van der Waals surface area contributed by atoms with Crippen LogP contribution < -0.4 is 9.62 Å². The third-order valence-electron chi connectivity index (χ3n) is 7.96. The highest BCUT2D eigenvalue weighted by molar-refractivity contribution is 7.92. The maximum atomic E-state index is 14.5. The monoisotopic (exact) mass is 647 g/mol. The molecule has 0 spiro atoms. The van der Waals surface area contributed by atoms with Gasteiger partial charge in [0.2, 0.25) is 11.8 Å². The molecule has 0 unspecified atom stereocenters. The van der Waals surface area contributed by atoms with Crippen molar-refractivity contribution in [3.8, 4) is 0 Å². The van der Waals surface area contributed by atoms with Gasteiger partial charge in [-0.1, -0.05) is 85.1 Å². The molecule has 10 heteroatoms. The number of rotatable bonds is 12. The topological polar surface area (TPSA) is 86.8 Å². The second-order valence-electron chi connectivity index (χ2n) is 11.1. The van der Waals surface area contributed by atoms with E-state index in [0.717, 1.165) is 53.2 Å². The molecule has 2 amide bonds. The molecule has 1 saturated carbocycles. The van der Waals surface area contributed by atoms with E-state index in [-0.39, 0.29) is 35.5 Å². The van der Waals surface area contributed by atoms with E-state index in [2.05, 4.69) is 5.32 Å². The summed E-state index contributed by atoms with van der Waals surface area (Å²) in [5.41, 5.74) is 1.85. The molecular formula is C35H35ClFN3O4S. The molecule has 1 aliphatic rings. The molecule has 234 valence electrons. The normalized spacial score (nSPS) is 14.1. The van der Waals surface area contributed by atoms with Crippen molar-refractivity contribution >= 4 is 39.1 Å². The van der Waals surface area contributed by atoms with E-state index in [1.165, 1.54) is 17.0 Å². The number of halogens is 2. The maximum absolute atomic E-state index is 14.5. The van der Waals surface area contributed by atoms with Crippen LogP contribution in [-0.4, -0.2) is 43.8 Å². The molecule has 1 atom stereocenters. The fraction of sp³-hybridized carbons (Fsp3) is 0.257. The van der Waals surface area contributed by atoms with Gasteiger partial charge < -0.3 is 10.2 Å². The van der Waals surface area contributed by atoms with Crippen LogP contribution in [0.5, 0.6) is 0 Å². The summed E-state index contributed by atoms with van der Waals surface area (Å²) in [6, 6.07) is 28.2. The number of hydrogen-bond acceptors (Lipinski definition) is 4. The Hall–Kier alpha value is -4.21. The van der Waals surface area contributed by atoms with E-state index in [1.54, 1.807) is 54.6 Å². The van der Waals surface area contributed by atoms with Gasteiger partial charge in [0.15, 0.2) is 0 Å². The molecule has 1 N–H and O–H groups in total. The fourth-order valence-electron chi connectivity index (χ4n) is 5.56. The minimum atomic E-state index is -4.30. The van der Waals surface area contributed by atoms with Gasteiger partial charge in [-0.2, -0.15) is 0 Å². The van der Waals surface area contributed by atoms with E-state index in [1.807, 2.05) is 30.3 Å². The lowest BCUT2D eigenvalue weighted by Gasteiger charge is -2.34. The second-order valence-corrected chi connectivity index (χ2v) is 13.4. The average molecular weight is 648 g/mol. The summed E-state index contributed by atoms with van der Waals surface area (Å²) < 4.78 is 42.6. The summed E-state index contributed by atoms with van der Waals surface area (Å²) in [4.78, 5) is 29.8. The van der Waals surface area contributed by atoms with E-state index >= 15 is 0 Å². The zero-order chi connectivity index (χ0) is 31.8. The number of hydrogen-bond donors (Lipinski definition) is 1. The molecule has 1 aliphatic carbocycles. The zero-order valence-electron chi connectivity index (χ0n) is 24.7. The molecule has 0 radical (unpaired) electrons. The summed E-state index contributed by atoms with van der Waals surface area (Å²) in [6.45, 7) is -0.538. The van der Waals surface area contributed by atoms with E-state index in [4.69, 9.17) is 11.6 Å². The molecule has 0 aliphatic heterocycles. The first kappa shape index (κ1) is 32.2. The van der Waals surface area contributed by atoms with Crippen molar-refractivity contribution in [2.45, 2.75) is 55.6 Å². The predicted molar refractivity (Wildman–Crippen MR) is 174 cm³/mol. The van der Waals surface area contributed by atoms with Gasteiger partial charge in [0.25, 0.3) is 10.0 Å². The van der Waals surface area contributed by atoms with Gasteiger partial charge >= 0.3 is 0 Å². The molecule has 1 fully saturated rings. The van der Waals surface area contributed by atoms with Gasteiger partial charge in [0.1, 0.15) is 18.4 Å². The van der Waals surface area contributed by atoms with Crippen molar-refractivity contribution in [3.05, 3.63) is 131 Å². The van der Waals surface area contributed by atoms with E-state index < -0.39 is 34.3 Å². The molecule has 5 rings (SSSR count). The van der Waals surface area contributed by atoms with Crippen LogP contribution in [0, 0.1) is 5.82 Å². The van der Waals surface area contributed by atoms with E-state index in [9.17, 15) is 22.4 Å². The molecule has 0 heterocycles. The lowest BCUT2D eigenvalue weighted by molar-refractivity contribution is -0.140. The molecule has 0 bridgehead atoms. The van der Waals surface area contributed by atoms with Crippen molar-refractivity contribution in [1.82, 2.24) is 10.2 Å². The third kappa shape index (κ3) is 8.29. The lowest BCUT2D eigenvalue weighted by Crippen LogP contribution is -2.54. The summed E-state index contributed by atoms with van der Waals surface area (Å²) in [5.74, 6) is -1.44. The van der Waals surface area contributed by atoms with Crippen LogP contribution >= 0.6 is 11.6 Å². The van der Waals surface area contributed by atoms with Crippen LogP contribution in [0.2, 0.25) is 5.02 Å². The summed E-state index contributed by atoms with van der Waals surface area (Å²) in [7, 11) is -4.30. The summed E-state index contributed by atoms with van der Waals surface area (Å²) in [6.07, 6.45) is 4.01. The second kappa shape index (κ2) is 14.7. The van der Waals surface area contributed by atoms with Crippen LogP contribution in [0.25, 0.3) is 0 Å². The number of para-hydroxylation sites is 1. The number of nitrogens with one attached hydrogen (secondary N) is 1. The van der Waals surface area contributed by atoms with Gasteiger partial charge in [0.05, 0.1) is 10.6 Å². The lowest BCUT2D eigenvalue weighted by atomic mass is 10.0. The van der Waals surface area contributed by atoms with Crippen molar-refractivity contribution in [2.75, 3.05) is 10.8 Å². The highest BCUT2D eigenvalue weighted by Gasteiger charge is 2.35. The third-order valence-corrected chi connectivity index (χ3v) is 10.0. The number of sulfonamides is 1. The standard InChI is InChI=1S/C35H35ClFN3O4S/c36-28-17-15-27(16-18-28)24-39(33(23-26-9-3-1-4-10-26)35(42)38-30-11-7-8-12-30)34(41)25-40(31-13-5-2-6-14-31)45(43,44)32-21-19-29(37)20-22-32/h1-6,9-10,13-22,30,33H,7-8,11-12,23-25H2,(H,38,42)/t33-/m0/s1. The first-order valence-electron chi connectivity index (χ1n) is 14.9. The van der Waals surface area contributed by atoms with Gasteiger partial charge in [-0.05, 0) is 72.5 Å². The number of nitrogens with zero attached hydrogens (tertiary/aromatic N) is 2. The molecule has 7 nitrogen and oxygen atoms in total. The zero-order valence-corrected chi connectivity index (χ0v) is 26.3. The quantitative estimate of drug-likeness (QED) is 0.194. The Morgan fingerprint density at radius 2 is 1.42 bits per heavy atom. The SMILES string of the molecule is O=C(NC1CCCC1)[C@H](Cc1ccccc1)N(Cc1ccc(Cl)cc1)C(=O)CN(c1ccccc1)S(=O)(=O)c1ccc(F)cc1. The van der Waals surface area contributed by atoms with Gasteiger partial charge in [-0.3, -0.25) is 13.9 Å². The van der Waals surface area contributed by atoms with Crippen molar-refractivity contribution in [2.24, 2.45) is 0 Å². The number of carbonyl (C=O) groups excluding carboxylic acids is 2. The highest BCUT2D eigenvalue weighted by atomic mass is 35.5. The number of benzene rings is 4. The molecule has 4 aromatic rings. The van der Waals surface area contributed by atoms with Gasteiger partial charge in [-0.25, -0.2) is 12.8 Å². The van der Waals surface area contributed by atoms with Crippen LogP contribution in [0.15, 0.2) is 114 Å². The van der Waals surface area contributed by atoms with Crippen LogP contribution in [-0.2, 0) is 32.6 Å². The van der Waals surface area contributed by atoms with Gasteiger partial charge in [-0.15, -0.1) is 0 Å². The summed E-state index contributed by atoms with van der Waals surface area (Å²) >= 11 is 6.14. The number of amides is 2. The Morgan fingerprint density at radius 3 is 2.04 bits per heavy atom. The minimum absolute atomic E-state index is 0.0166. The first-order valence-corrected chi connectivity index (χ1v) is 16.7. The Bertz CT molecular complexity index is 1680. The van der Waals surface area contributed by atoms with Crippen molar-refractivity contribution in [1.29, 1.82) is 0 Å². The van der Waals surface area contributed by atoms with E-state index in [0.29, 0.717) is 5.02 Å². The molecule has 0 saturated heterocycles. The Labute approximate surface area is 268 Å². The Morgan fingerprint density at radius 1 is 0.822 bits per heavy atom. The highest BCUT2D eigenvalue weighted by Crippen LogP contribution is 2.26. The average Bonchev–Trinajstić information content (AvgIpc) is 3.56. The first-order chi connectivity index (χ1) is 21.7. The Balaban J connectivity index is 1.54. The van der Waals surface area contributed by atoms with Crippen molar-refractivity contribution < 1.29 is 22.4 Å². The van der Waals surface area contributed by atoms with Gasteiger partial charge in [0, 0.05) is 24.0 Å². The molecular weight excluding hydrogens is 613 g/mol. The smallest absolute Gasteiger partial charge is 0.264 e. The Kier molecular flexibility index (Phi) is 10.5. The number of carbonyl (C=O) groups is 2. The molecule has 0 aromatic heterocycles. The summed E-state index contributed by atoms with van der Waals surface area (Å²) in [5, 5.41) is 3.68. The molecule has 4 aromatic carbocycles. The van der Waals surface area contributed by atoms with Crippen LogP contribution in [0.4, 0.5) is 10.1 Å². The fourth-order valence-corrected chi connectivity index (χ4v) is 7.10. The number of anilines is 1. The minimum Gasteiger partial charge on any atom is -0.352 e. The largest absolute Gasteiger partial charge is 0.352 e. The van der Waals surface area contributed by atoms with Crippen LogP contribution in [0.3, 0.4) is 0 Å².